The molecular formula is C57H109NO5. The maximum atomic E-state index is 13.2. The van der Waals surface area contributed by atoms with Crippen LogP contribution in [-0.4, -0.2) is 46.9 Å². The summed E-state index contributed by atoms with van der Waals surface area (Å²) in [6, 6.07) is -0.704. The van der Waals surface area contributed by atoms with Gasteiger partial charge in [0.2, 0.25) is 5.91 Å². The van der Waals surface area contributed by atoms with Crippen LogP contribution in [0.2, 0.25) is 0 Å². The van der Waals surface area contributed by atoms with Crippen molar-refractivity contribution in [1.29, 1.82) is 0 Å². The molecule has 0 aromatic rings. The third-order valence-corrected chi connectivity index (χ3v) is 13.1. The van der Waals surface area contributed by atoms with Gasteiger partial charge in [-0.3, -0.25) is 9.59 Å². The van der Waals surface area contributed by atoms with Crippen molar-refractivity contribution in [2.75, 3.05) is 6.61 Å². The van der Waals surface area contributed by atoms with E-state index in [9.17, 15) is 19.8 Å². The second kappa shape index (κ2) is 51.3. The predicted molar refractivity (Wildman–Crippen MR) is 273 cm³/mol. The van der Waals surface area contributed by atoms with Crippen molar-refractivity contribution in [2.24, 2.45) is 0 Å². The lowest BCUT2D eigenvalue weighted by atomic mass is 10.0. The van der Waals surface area contributed by atoms with Crippen LogP contribution in [0.5, 0.6) is 0 Å². The maximum Gasteiger partial charge on any atom is 0.306 e. The summed E-state index contributed by atoms with van der Waals surface area (Å²) in [5, 5.41) is 23.9. The lowest BCUT2D eigenvalue weighted by molar-refractivity contribution is -0.151. The van der Waals surface area contributed by atoms with E-state index in [2.05, 4.69) is 50.4 Å². The highest BCUT2D eigenvalue weighted by molar-refractivity contribution is 5.77. The Hall–Kier alpha value is -1.66. The van der Waals surface area contributed by atoms with Crippen LogP contribution in [0, 0.1) is 0 Å². The van der Waals surface area contributed by atoms with Crippen molar-refractivity contribution in [1.82, 2.24) is 5.32 Å². The number of carbonyl (C=O) groups is 2. The van der Waals surface area contributed by atoms with Crippen LogP contribution in [0.3, 0.4) is 0 Å². The van der Waals surface area contributed by atoms with Gasteiger partial charge in [-0.2, -0.15) is 0 Å². The van der Waals surface area contributed by atoms with E-state index in [-0.39, 0.29) is 24.9 Å². The average Bonchev–Trinajstić information content (AvgIpc) is 3.28. The highest BCUT2D eigenvalue weighted by Crippen LogP contribution is 2.19. The number of nitrogens with one attached hydrogen (secondary N) is 1. The molecule has 0 saturated carbocycles. The van der Waals surface area contributed by atoms with Gasteiger partial charge < -0.3 is 20.3 Å². The van der Waals surface area contributed by atoms with Gasteiger partial charge in [-0.25, -0.2) is 0 Å². The molecule has 0 aliphatic heterocycles. The van der Waals surface area contributed by atoms with Crippen LogP contribution >= 0.6 is 0 Å². The number of ether oxygens (including phenoxy) is 1. The molecule has 63 heavy (non-hydrogen) atoms. The van der Waals surface area contributed by atoms with Crippen LogP contribution in [0.25, 0.3) is 0 Å². The van der Waals surface area contributed by atoms with Crippen molar-refractivity contribution < 1.29 is 24.5 Å². The topological polar surface area (TPSA) is 95.9 Å². The molecule has 3 unspecified atom stereocenters. The maximum absolute atomic E-state index is 13.2. The van der Waals surface area contributed by atoms with E-state index in [1.807, 2.05) is 0 Å². The molecule has 0 fully saturated rings. The minimum absolute atomic E-state index is 0.0696. The number of hydrogen-bond donors (Lipinski definition) is 3. The summed E-state index contributed by atoms with van der Waals surface area (Å²) in [6.07, 6.45) is 59.5. The average molecular weight is 889 g/mol. The smallest absolute Gasteiger partial charge is 0.306 e. The van der Waals surface area contributed by atoms with E-state index in [0.717, 1.165) is 70.6 Å². The number of aliphatic hydroxyl groups is 2. The monoisotopic (exact) mass is 888 g/mol. The molecule has 0 aromatic heterocycles. The number of unbranched alkanes of at least 4 members (excludes halogenated alkanes) is 36. The quantitative estimate of drug-likeness (QED) is 0.0321. The molecule has 0 radical (unpaired) electrons. The number of hydrogen-bond acceptors (Lipinski definition) is 5. The van der Waals surface area contributed by atoms with E-state index in [1.54, 1.807) is 0 Å². The summed E-state index contributed by atoms with van der Waals surface area (Å²) in [5.74, 6) is -0.477. The van der Waals surface area contributed by atoms with Gasteiger partial charge in [-0.05, 0) is 51.4 Å². The zero-order valence-corrected chi connectivity index (χ0v) is 42.5. The van der Waals surface area contributed by atoms with Crippen LogP contribution in [-0.2, 0) is 14.3 Å². The normalized spacial score (nSPS) is 13.3. The Labute approximate surface area is 392 Å². The number of carbonyl (C=O) groups excluding carboxylic acids is 2. The number of rotatable bonds is 51. The van der Waals surface area contributed by atoms with E-state index in [0.29, 0.717) is 19.3 Å². The Bertz CT molecular complexity index is 997. The Morgan fingerprint density at radius 1 is 0.460 bits per heavy atom. The van der Waals surface area contributed by atoms with Crippen molar-refractivity contribution in [3.8, 4) is 0 Å². The lowest BCUT2D eigenvalue weighted by Gasteiger charge is -2.24. The van der Waals surface area contributed by atoms with E-state index < -0.39 is 18.2 Å². The molecule has 0 saturated heterocycles. The summed E-state index contributed by atoms with van der Waals surface area (Å²) in [7, 11) is 0. The van der Waals surface area contributed by atoms with Gasteiger partial charge in [-0.1, -0.05) is 263 Å². The van der Waals surface area contributed by atoms with Crippen molar-refractivity contribution >= 4 is 11.9 Å². The first-order chi connectivity index (χ1) is 31.0. The molecule has 0 rings (SSSR count). The Morgan fingerprint density at radius 3 is 1.21 bits per heavy atom. The number of allylic oxidation sites excluding steroid dienone is 4. The molecule has 6 heteroatoms. The summed E-state index contributed by atoms with van der Waals surface area (Å²) in [5.41, 5.74) is 0. The predicted octanol–water partition coefficient (Wildman–Crippen LogP) is 17.1. The Kier molecular flexibility index (Phi) is 50.0. The minimum atomic E-state index is -0.790. The molecule has 3 atom stereocenters. The second-order valence-corrected chi connectivity index (χ2v) is 19.4. The zero-order chi connectivity index (χ0) is 45.9. The van der Waals surface area contributed by atoms with Crippen LogP contribution in [0.4, 0.5) is 0 Å². The third kappa shape index (κ3) is 46.7. The fourth-order valence-corrected chi connectivity index (χ4v) is 8.78. The first-order valence-corrected chi connectivity index (χ1v) is 28.1. The molecule has 1 amide bonds. The van der Waals surface area contributed by atoms with Crippen molar-refractivity contribution in [3.05, 3.63) is 24.3 Å². The van der Waals surface area contributed by atoms with E-state index in [4.69, 9.17) is 4.74 Å². The van der Waals surface area contributed by atoms with Gasteiger partial charge in [0.25, 0.3) is 0 Å². The third-order valence-electron chi connectivity index (χ3n) is 13.1. The molecule has 0 aliphatic rings. The van der Waals surface area contributed by atoms with Gasteiger partial charge in [0, 0.05) is 6.42 Å². The molecule has 372 valence electrons. The summed E-state index contributed by atoms with van der Waals surface area (Å²) in [6.45, 7) is 6.48. The number of amides is 1. The standard InChI is InChI=1S/C57H109NO5/c1-4-7-10-13-16-19-22-25-27-28-29-31-34-37-40-43-46-49-55(60)54(52-59)58-56(61)51-53(48-45-42-39-36-33-30-24-21-18-15-12-9-6-3)63-57(62)50-47-44-41-38-35-32-26-23-20-17-14-11-8-5-2/h18,21,24,30,53-55,59-60H,4-17,19-20,22-23,25-29,31-52H2,1-3H3,(H,58,61)/b21-18+,30-24+. The Balaban J connectivity index is 4.50. The first kappa shape index (κ1) is 61.3. The first-order valence-electron chi connectivity index (χ1n) is 28.1. The van der Waals surface area contributed by atoms with Gasteiger partial charge in [0.1, 0.15) is 6.10 Å². The largest absolute Gasteiger partial charge is 0.462 e. The molecule has 6 nitrogen and oxygen atoms in total. The van der Waals surface area contributed by atoms with Crippen molar-refractivity contribution in [3.63, 3.8) is 0 Å². The van der Waals surface area contributed by atoms with Gasteiger partial charge >= 0.3 is 5.97 Å². The molecule has 0 aliphatic carbocycles. The molecule has 0 spiro atoms. The SMILES string of the molecule is CCCCC/C=C/C=C/CCCCCCC(CC(=O)NC(CO)C(O)CCCCCCCCCCCCCCCCCCC)OC(=O)CCCCCCCCCCCCCCCC. The number of esters is 1. The highest BCUT2D eigenvalue weighted by Gasteiger charge is 2.24. The fourth-order valence-electron chi connectivity index (χ4n) is 8.78. The lowest BCUT2D eigenvalue weighted by Crippen LogP contribution is -2.46. The molecule has 0 bridgehead atoms. The summed E-state index contributed by atoms with van der Waals surface area (Å²) >= 11 is 0. The van der Waals surface area contributed by atoms with Gasteiger partial charge in [0.15, 0.2) is 0 Å². The molecule has 0 aromatic carbocycles. The highest BCUT2D eigenvalue weighted by atomic mass is 16.5. The molecular weight excluding hydrogens is 779 g/mol. The number of aliphatic hydroxyl groups excluding tert-OH is 2. The van der Waals surface area contributed by atoms with Crippen LogP contribution in [0.15, 0.2) is 24.3 Å². The molecule has 0 heterocycles. The Morgan fingerprint density at radius 2 is 0.794 bits per heavy atom. The minimum Gasteiger partial charge on any atom is -0.462 e. The van der Waals surface area contributed by atoms with Crippen LogP contribution < -0.4 is 5.32 Å². The van der Waals surface area contributed by atoms with Gasteiger partial charge in [-0.15, -0.1) is 0 Å². The second-order valence-electron chi connectivity index (χ2n) is 19.4. The van der Waals surface area contributed by atoms with Gasteiger partial charge in [0.05, 0.1) is 25.2 Å². The zero-order valence-electron chi connectivity index (χ0n) is 42.5. The summed E-state index contributed by atoms with van der Waals surface area (Å²) < 4.78 is 5.94. The molecule has 3 N–H and O–H groups in total. The van der Waals surface area contributed by atoms with Crippen molar-refractivity contribution in [2.45, 2.75) is 322 Å². The van der Waals surface area contributed by atoms with Crippen LogP contribution in [0.1, 0.15) is 303 Å². The van der Waals surface area contributed by atoms with E-state index in [1.165, 1.54) is 186 Å². The summed E-state index contributed by atoms with van der Waals surface area (Å²) in [4.78, 5) is 26.2. The van der Waals surface area contributed by atoms with E-state index >= 15 is 0 Å². The fraction of sp³-hybridized carbons (Fsp3) is 0.895.